The Bertz CT molecular complexity index is 520. The highest BCUT2D eigenvalue weighted by Crippen LogP contribution is 2.41. The lowest BCUT2D eigenvalue weighted by atomic mass is 9.86. The van der Waals surface area contributed by atoms with Crippen molar-refractivity contribution in [2.24, 2.45) is 0 Å². The van der Waals surface area contributed by atoms with Crippen LogP contribution in [-0.4, -0.2) is 37.2 Å². The molecule has 108 valence electrons. The molecular formula is C15H19NO3S. The van der Waals surface area contributed by atoms with Crippen molar-refractivity contribution in [3.8, 4) is 5.75 Å². The Morgan fingerprint density at radius 1 is 1.40 bits per heavy atom. The van der Waals surface area contributed by atoms with Crippen molar-refractivity contribution in [2.75, 3.05) is 20.0 Å². The van der Waals surface area contributed by atoms with Crippen LogP contribution in [0.4, 0.5) is 0 Å². The molecule has 1 aromatic rings. The predicted octanol–water partition coefficient (Wildman–Crippen LogP) is 1.93. The molecule has 5 heteroatoms. The first-order valence-corrected chi connectivity index (χ1v) is 7.90. The number of thioether (sulfide) groups is 1. The number of ether oxygens (including phenoxy) is 2. The Morgan fingerprint density at radius 2 is 2.25 bits per heavy atom. The van der Waals surface area contributed by atoms with Crippen molar-refractivity contribution in [3.05, 3.63) is 29.3 Å². The lowest BCUT2D eigenvalue weighted by molar-refractivity contribution is -0.142. The van der Waals surface area contributed by atoms with E-state index in [-0.39, 0.29) is 18.1 Å². The molecule has 0 radical (unpaired) electrons. The number of benzene rings is 1. The zero-order valence-electron chi connectivity index (χ0n) is 11.7. The fraction of sp³-hybridized carbons (Fsp3) is 0.533. The summed E-state index contributed by atoms with van der Waals surface area (Å²) < 4.78 is 10.2. The third kappa shape index (κ3) is 2.40. The monoisotopic (exact) mass is 293 g/mol. The number of esters is 1. The molecule has 0 amide bonds. The number of aryl methyl sites for hydroxylation is 1. The average Bonchev–Trinajstić information content (AvgIpc) is 2.52. The van der Waals surface area contributed by atoms with Crippen LogP contribution in [0, 0.1) is 0 Å². The van der Waals surface area contributed by atoms with Crippen molar-refractivity contribution in [1.82, 2.24) is 5.32 Å². The molecule has 1 aliphatic heterocycles. The van der Waals surface area contributed by atoms with Gasteiger partial charge in [-0.25, -0.2) is 0 Å². The van der Waals surface area contributed by atoms with Crippen molar-refractivity contribution in [1.29, 1.82) is 0 Å². The van der Waals surface area contributed by atoms with Gasteiger partial charge in [-0.3, -0.25) is 10.1 Å². The third-order valence-electron chi connectivity index (χ3n) is 4.10. The van der Waals surface area contributed by atoms with E-state index in [2.05, 4.69) is 17.4 Å². The van der Waals surface area contributed by atoms with E-state index in [1.807, 2.05) is 17.8 Å². The number of carbonyl (C=O) groups is 1. The normalized spacial score (nSPS) is 28.2. The second-order valence-corrected chi connectivity index (χ2v) is 6.47. The molecule has 0 spiro atoms. The van der Waals surface area contributed by atoms with Gasteiger partial charge in [0.25, 0.3) is 0 Å². The minimum atomic E-state index is -0.209. The summed E-state index contributed by atoms with van der Waals surface area (Å²) in [6.07, 6.45) is 2.21. The van der Waals surface area contributed by atoms with E-state index in [9.17, 15) is 4.79 Å². The molecule has 3 unspecified atom stereocenters. The number of hydrogen-bond acceptors (Lipinski definition) is 5. The maximum absolute atomic E-state index is 11.7. The SMILES string of the molecule is COC(=O)C1CSC2CCc3cc(OC)ccc3C2N1. The van der Waals surface area contributed by atoms with E-state index >= 15 is 0 Å². The quantitative estimate of drug-likeness (QED) is 0.844. The Labute approximate surface area is 123 Å². The van der Waals surface area contributed by atoms with Gasteiger partial charge >= 0.3 is 5.97 Å². The first-order valence-electron chi connectivity index (χ1n) is 6.85. The number of carbonyl (C=O) groups excluding carboxylic acids is 1. The molecule has 3 rings (SSSR count). The van der Waals surface area contributed by atoms with Gasteiger partial charge in [0, 0.05) is 17.0 Å². The van der Waals surface area contributed by atoms with Crippen molar-refractivity contribution < 1.29 is 14.3 Å². The summed E-state index contributed by atoms with van der Waals surface area (Å²) in [6, 6.07) is 6.25. The van der Waals surface area contributed by atoms with Gasteiger partial charge in [0.05, 0.1) is 14.2 Å². The summed E-state index contributed by atoms with van der Waals surface area (Å²) in [4.78, 5) is 11.7. The molecule has 1 aromatic carbocycles. The molecule has 4 nitrogen and oxygen atoms in total. The second kappa shape index (κ2) is 5.66. The van der Waals surface area contributed by atoms with Crippen LogP contribution in [0.5, 0.6) is 5.75 Å². The molecule has 2 aliphatic rings. The van der Waals surface area contributed by atoms with Crippen LogP contribution < -0.4 is 10.1 Å². The van der Waals surface area contributed by atoms with Gasteiger partial charge in [0.1, 0.15) is 11.8 Å². The van der Waals surface area contributed by atoms with Gasteiger partial charge in [-0.1, -0.05) is 6.07 Å². The van der Waals surface area contributed by atoms with E-state index in [4.69, 9.17) is 9.47 Å². The van der Waals surface area contributed by atoms with Gasteiger partial charge in [0.15, 0.2) is 0 Å². The molecule has 1 N–H and O–H groups in total. The van der Waals surface area contributed by atoms with Crippen LogP contribution in [-0.2, 0) is 16.0 Å². The van der Waals surface area contributed by atoms with Crippen LogP contribution in [0.3, 0.4) is 0 Å². The highest BCUT2D eigenvalue weighted by atomic mass is 32.2. The first-order chi connectivity index (χ1) is 9.72. The number of hydrogen-bond donors (Lipinski definition) is 1. The minimum Gasteiger partial charge on any atom is -0.497 e. The van der Waals surface area contributed by atoms with E-state index < -0.39 is 0 Å². The lowest BCUT2D eigenvalue weighted by Gasteiger charge is -2.40. The largest absolute Gasteiger partial charge is 0.497 e. The number of fused-ring (bicyclic) bond motifs is 3. The molecule has 1 fully saturated rings. The van der Waals surface area contributed by atoms with E-state index in [1.54, 1.807) is 7.11 Å². The maximum atomic E-state index is 11.7. The van der Waals surface area contributed by atoms with Gasteiger partial charge < -0.3 is 9.47 Å². The molecule has 0 saturated carbocycles. The summed E-state index contributed by atoms with van der Waals surface area (Å²) in [5.74, 6) is 1.52. The minimum absolute atomic E-state index is 0.170. The molecule has 0 aromatic heterocycles. The van der Waals surface area contributed by atoms with Crippen LogP contribution in [0.2, 0.25) is 0 Å². The van der Waals surface area contributed by atoms with Gasteiger partial charge in [-0.15, -0.1) is 0 Å². The van der Waals surface area contributed by atoms with Crippen LogP contribution in [0.1, 0.15) is 23.6 Å². The number of rotatable bonds is 2. The van der Waals surface area contributed by atoms with Gasteiger partial charge in [-0.05, 0) is 36.1 Å². The number of nitrogens with one attached hydrogen (secondary N) is 1. The lowest BCUT2D eigenvalue weighted by Crippen LogP contribution is -2.50. The van der Waals surface area contributed by atoms with Crippen molar-refractivity contribution in [3.63, 3.8) is 0 Å². The van der Waals surface area contributed by atoms with Crippen LogP contribution >= 0.6 is 11.8 Å². The standard InChI is InChI=1S/C15H19NO3S/c1-18-10-4-5-11-9(7-10)3-6-13-14(11)16-12(8-20-13)15(17)19-2/h4-5,7,12-14,16H,3,6,8H2,1-2H3. The maximum Gasteiger partial charge on any atom is 0.323 e. The van der Waals surface area contributed by atoms with E-state index in [0.29, 0.717) is 5.25 Å². The second-order valence-electron chi connectivity index (χ2n) is 5.20. The molecular weight excluding hydrogens is 274 g/mol. The zero-order chi connectivity index (χ0) is 14.1. The summed E-state index contributed by atoms with van der Waals surface area (Å²) >= 11 is 1.88. The molecule has 3 atom stereocenters. The third-order valence-corrected chi connectivity index (χ3v) is 5.56. The molecule has 1 saturated heterocycles. The van der Waals surface area contributed by atoms with Crippen molar-refractivity contribution >= 4 is 17.7 Å². The summed E-state index contributed by atoms with van der Waals surface area (Å²) in [5.41, 5.74) is 2.62. The van der Waals surface area contributed by atoms with Gasteiger partial charge in [-0.2, -0.15) is 11.8 Å². The molecule has 1 heterocycles. The molecule has 1 aliphatic carbocycles. The fourth-order valence-corrected chi connectivity index (χ4v) is 4.41. The first kappa shape index (κ1) is 13.8. The van der Waals surface area contributed by atoms with E-state index in [0.717, 1.165) is 24.3 Å². The molecule has 20 heavy (non-hydrogen) atoms. The Kier molecular flexibility index (Phi) is 3.89. The average molecular weight is 293 g/mol. The van der Waals surface area contributed by atoms with Crippen molar-refractivity contribution in [2.45, 2.75) is 30.2 Å². The summed E-state index contributed by atoms with van der Waals surface area (Å²) in [6.45, 7) is 0. The Hall–Kier alpha value is -1.20. The van der Waals surface area contributed by atoms with Crippen LogP contribution in [0.25, 0.3) is 0 Å². The number of methoxy groups -OCH3 is 2. The van der Waals surface area contributed by atoms with Crippen LogP contribution in [0.15, 0.2) is 18.2 Å². The highest BCUT2D eigenvalue weighted by Gasteiger charge is 2.38. The Balaban J connectivity index is 1.86. The highest BCUT2D eigenvalue weighted by molar-refractivity contribution is 8.00. The Morgan fingerprint density at radius 3 is 3.00 bits per heavy atom. The smallest absolute Gasteiger partial charge is 0.323 e. The zero-order valence-corrected chi connectivity index (χ0v) is 12.5. The molecule has 0 bridgehead atoms. The predicted molar refractivity (Wildman–Crippen MR) is 79.2 cm³/mol. The topological polar surface area (TPSA) is 47.6 Å². The fourth-order valence-electron chi connectivity index (χ4n) is 3.03. The van der Waals surface area contributed by atoms with Gasteiger partial charge in [0.2, 0.25) is 0 Å². The summed E-state index contributed by atoms with van der Waals surface area (Å²) in [5, 5.41) is 4.00. The van der Waals surface area contributed by atoms with E-state index in [1.165, 1.54) is 18.2 Å². The summed E-state index contributed by atoms with van der Waals surface area (Å²) in [7, 11) is 3.13.